The van der Waals surface area contributed by atoms with Gasteiger partial charge < -0.3 is 9.64 Å². The first-order valence-electron chi connectivity index (χ1n) is 3.55. The molecule has 0 aromatic carbocycles. The number of hydrogen-bond donors (Lipinski definition) is 0. The summed E-state index contributed by atoms with van der Waals surface area (Å²) in [6.07, 6.45) is 2.18. The Morgan fingerprint density at radius 3 is 3.33 bits per heavy atom. The molecule has 0 aromatic rings. The molecule has 0 atom stereocenters. The molecule has 2 nitrogen and oxygen atoms in total. The van der Waals surface area contributed by atoms with Gasteiger partial charge in [-0.2, -0.15) is 0 Å². The van der Waals surface area contributed by atoms with Gasteiger partial charge in [0, 0.05) is 19.5 Å². The SMILES string of the molecule is CCN1C[CH]COCC1. The van der Waals surface area contributed by atoms with Crippen LogP contribution in [-0.4, -0.2) is 37.7 Å². The van der Waals surface area contributed by atoms with Gasteiger partial charge in [-0.1, -0.05) is 6.92 Å². The summed E-state index contributed by atoms with van der Waals surface area (Å²) in [4.78, 5) is 2.37. The second-order valence-corrected chi connectivity index (χ2v) is 2.26. The minimum absolute atomic E-state index is 0.830. The predicted octanol–water partition coefficient (Wildman–Crippen LogP) is 0.543. The maximum absolute atomic E-state index is 5.23. The van der Waals surface area contributed by atoms with E-state index in [1.807, 2.05) is 0 Å². The van der Waals surface area contributed by atoms with E-state index in [1.54, 1.807) is 0 Å². The third-order valence-electron chi connectivity index (χ3n) is 1.62. The Balaban J connectivity index is 2.18. The molecule has 1 fully saturated rings. The van der Waals surface area contributed by atoms with E-state index in [2.05, 4.69) is 18.2 Å². The summed E-state index contributed by atoms with van der Waals surface area (Å²) in [5.41, 5.74) is 0. The molecule has 1 saturated heterocycles. The molecule has 0 aliphatic carbocycles. The first-order chi connectivity index (χ1) is 4.43. The first-order valence-corrected chi connectivity index (χ1v) is 3.55. The van der Waals surface area contributed by atoms with Crippen LogP contribution in [0.5, 0.6) is 0 Å². The molecule has 2 heteroatoms. The first kappa shape index (κ1) is 7.03. The third-order valence-corrected chi connectivity index (χ3v) is 1.62. The molecule has 1 radical (unpaired) electrons. The highest BCUT2D eigenvalue weighted by molar-refractivity contribution is 4.72. The molecule has 0 amide bonds. The van der Waals surface area contributed by atoms with Gasteiger partial charge in [0.25, 0.3) is 0 Å². The van der Waals surface area contributed by atoms with E-state index in [0.29, 0.717) is 0 Å². The van der Waals surface area contributed by atoms with Gasteiger partial charge in [0.15, 0.2) is 0 Å². The normalized spacial score (nSPS) is 23.7. The molecule has 1 rings (SSSR count). The molecule has 1 aliphatic rings. The maximum Gasteiger partial charge on any atom is 0.0593 e. The summed E-state index contributed by atoms with van der Waals surface area (Å²) in [6, 6.07) is 0. The lowest BCUT2D eigenvalue weighted by atomic mass is 10.4. The molecule has 53 valence electrons. The molecule has 0 spiro atoms. The van der Waals surface area contributed by atoms with Crippen LogP contribution in [0, 0.1) is 6.42 Å². The van der Waals surface area contributed by atoms with E-state index in [0.717, 1.165) is 32.8 Å². The predicted molar refractivity (Wildman–Crippen MR) is 37.2 cm³/mol. The Labute approximate surface area is 56.8 Å². The number of rotatable bonds is 1. The second kappa shape index (κ2) is 3.85. The van der Waals surface area contributed by atoms with Crippen molar-refractivity contribution in [3.05, 3.63) is 6.42 Å². The summed E-state index contributed by atoms with van der Waals surface area (Å²) in [7, 11) is 0. The summed E-state index contributed by atoms with van der Waals surface area (Å²) in [5.74, 6) is 0. The fraction of sp³-hybridized carbons (Fsp3) is 0.857. The van der Waals surface area contributed by atoms with Crippen LogP contribution in [-0.2, 0) is 4.74 Å². The monoisotopic (exact) mass is 128 g/mol. The zero-order chi connectivity index (χ0) is 6.53. The molecule has 0 N–H and O–H groups in total. The summed E-state index contributed by atoms with van der Waals surface area (Å²) >= 11 is 0. The fourth-order valence-electron chi connectivity index (χ4n) is 0.974. The van der Waals surface area contributed by atoms with Gasteiger partial charge in [-0.25, -0.2) is 0 Å². The Morgan fingerprint density at radius 2 is 2.56 bits per heavy atom. The highest BCUT2D eigenvalue weighted by Crippen LogP contribution is 1.95. The topological polar surface area (TPSA) is 12.5 Å². The van der Waals surface area contributed by atoms with Crippen LogP contribution in [0.2, 0.25) is 0 Å². The van der Waals surface area contributed by atoms with Crippen molar-refractivity contribution in [2.45, 2.75) is 6.92 Å². The van der Waals surface area contributed by atoms with E-state index in [4.69, 9.17) is 4.74 Å². The molecule has 9 heavy (non-hydrogen) atoms. The van der Waals surface area contributed by atoms with Crippen LogP contribution in [0.3, 0.4) is 0 Å². The van der Waals surface area contributed by atoms with Gasteiger partial charge in [0.1, 0.15) is 0 Å². The van der Waals surface area contributed by atoms with E-state index in [9.17, 15) is 0 Å². The maximum atomic E-state index is 5.23. The van der Waals surface area contributed by atoms with Crippen molar-refractivity contribution in [2.24, 2.45) is 0 Å². The lowest BCUT2D eigenvalue weighted by Gasteiger charge is -2.14. The van der Waals surface area contributed by atoms with Crippen LogP contribution < -0.4 is 0 Å². The summed E-state index contributed by atoms with van der Waals surface area (Å²) < 4.78 is 5.23. The number of hydrogen-bond acceptors (Lipinski definition) is 2. The largest absolute Gasteiger partial charge is 0.380 e. The zero-order valence-corrected chi connectivity index (χ0v) is 5.97. The Bertz CT molecular complexity index is 67.3. The lowest BCUT2D eigenvalue weighted by molar-refractivity contribution is 0.151. The number of nitrogens with zero attached hydrogens (tertiary/aromatic N) is 1. The van der Waals surface area contributed by atoms with Crippen LogP contribution in [0.1, 0.15) is 6.92 Å². The quantitative estimate of drug-likeness (QED) is 0.511. The zero-order valence-electron chi connectivity index (χ0n) is 5.97. The van der Waals surface area contributed by atoms with Crippen LogP contribution in [0.15, 0.2) is 0 Å². The van der Waals surface area contributed by atoms with E-state index < -0.39 is 0 Å². The van der Waals surface area contributed by atoms with Crippen molar-refractivity contribution < 1.29 is 4.74 Å². The highest BCUT2D eigenvalue weighted by atomic mass is 16.5. The van der Waals surface area contributed by atoms with Gasteiger partial charge >= 0.3 is 0 Å². The lowest BCUT2D eigenvalue weighted by Crippen LogP contribution is -2.25. The molecule has 0 bridgehead atoms. The standard InChI is InChI=1S/C7H14NO/c1-2-8-4-3-6-9-7-5-8/h3H,2,4-7H2,1H3. The van der Waals surface area contributed by atoms with Crippen LogP contribution in [0.25, 0.3) is 0 Å². The van der Waals surface area contributed by atoms with Crippen molar-refractivity contribution in [1.82, 2.24) is 4.90 Å². The van der Waals surface area contributed by atoms with E-state index in [-0.39, 0.29) is 0 Å². The highest BCUT2D eigenvalue weighted by Gasteiger charge is 2.05. The van der Waals surface area contributed by atoms with Gasteiger partial charge in [-0.3, -0.25) is 0 Å². The minimum Gasteiger partial charge on any atom is -0.380 e. The van der Waals surface area contributed by atoms with Crippen molar-refractivity contribution in [1.29, 1.82) is 0 Å². The molecule has 1 heterocycles. The molecule has 1 aliphatic heterocycles. The Morgan fingerprint density at radius 1 is 1.67 bits per heavy atom. The third kappa shape index (κ3) is 2.33. The van der Waals surface area contributed by atoms with Crippen LogP contribution in [0.4, 0.5) is 0 Å². The van der Waals surface area contributed by atoms with Gasteiger partial charge in [0.2, 0.25) is 0 Å². The Kier molecular flexibility index (Phi) is 3.01. The smallest absolute Gasteiger partial charge is 0.0593 e. The van der Waals surface area contributed by atoms with Gasteiger partial charge in [-0.05, 0) is 6.54 Å². The van der Waals surface area contributed by atoms with E-state index >= 15 is 0 Å². The van der Waals surface area contributed by atoms with Crippen molar-refractivity contribution in [3.8, 4) is 0 Å². The van der Waals surface area contributed by atoms with Crippen LogP contribution >= 0.6 is 0 Å². The molecule has 0 saturated carbocycles. The van der Waals surface area contributed by atoms with Crippen molar-refractivity contribution in [3.63, 3.8) is 0 Å². The van der Waals surface area contributed by atoms with Gasteiger partial charge in [0.05, 0.1) is 13.2 Å². The number of ether oxygens (including phenoxy) is 1. The summed E-state index contributed by atoms with van der Waals surface area (Å²) in [5, 5.41) is 0. The average Bonchev–Trinajstić information content (AvgIpc) is 2.13. The fourth-order valence-corrected chi connectivity index (χ4v) is 0.974. The molecule has 0 aromatic heterocycles. The van der Waals surface area contributed by atoms with E-state index in [1.165, 1.54) is 0 Å². The van der Waals surface area contributed by atoms with Gasteiger partial charge in [-0.15, -0.1) is 0 Å². The average molecular weight is 128 g/mol. The molecular weight excluding hydrogens is 114 g/mol. The molecule has 0 unspecified atom stereocenters. The Hall–Kier alpha value is -0.0800. The molecular formula is C7H14NO. The second-order valence-electron chi connectivity index (χ2n) is 2.26. The van der Waals surface area contributed by atoms with Crippen molar-refractivity contribution >= 4 is 0 Å². The minimum atomic E-state index is 0.830. The van der Waals surface area contributed by atoms with Crippen molar-refractivity contribution in [2.75, 3.05) is 32.8 Å². The summed E-state index contributed by atoms with van der Waals surface area (Å²) in [6.45, 7) is 7.23. The number of likely N-dealkylation sites (N-methyl/N-ethyl adjacent to an activating group) is 1.